The van der Waals surface area contributed by atoms with Crippen LogP contribution in [0.2, 0.25) is 0 Å². The number of aromatic hydroxyl groups is 1. The highest BCUT2D eigenvalue weighted by atomic mass is 16.3. The van der Waals surface area contributed by atoms with Crippen LogP contribution in [0.3, 0.4) is 0 Å². The van der Waals surface area contributed by atoms with Crippen LogP contribution in [0.5, 0.6) is 5.75 Å². The molecular formula is C18H27NO. The van der Waals surface area contributed by atoms with Crippen molar-refractivity contribution in [3.05, 3.63) is 23.3 Å². The van der Waals surface area contributed by atoms with Crippen LogP contribution in [-0.4, -0.2) is 11.1 Å². The fourth-order valence-corrected chi connectivity index (χ4v) is 4.81. The quantitative estimate of drug-likeness (QED) is 0.823. The summed E-state index contributed by atoms with van der Waals surface area (Å²) in [6.07, 6.45) is 4.05. The number of phenols is 1. The monoisotopic (exact) mass is 273 g/mol. The van der Waals surface area contributed by atoms with Crippen molar-refractivity contribution < 1.29 is 5.11 Å². The van der Waals surface area contributed by atoms with Crippen molar-refractivity contribution >= 4 is 5.69 Å². The minimum absolute atomic E-state index is 0.333. The molecule has 0 saturated heterocycles. The van der Waals surface area contributed by atoms with E-state index >= 15 is 0 Å². The van der Waals surface area contributed by atoms with Crippen LogP contribution in [0.1, 0.15) is 51.2 Å². The summed E-state index contributed by atoms with van der Waals surface area (Å²) < 4.78 is 0. The van der Waals surface area contributed by atoms with Crippen molar-refractivity contribution in [2.24, 2.45) is 16.7 Å². The van der Waals surface area contributed by atoms with E-state index in [9.17, 15) is 5.11 Å². The van der Waals surface area contributed by atoms with E-state index in [2.05, 4.69) is 32.2 Å². The van der Waals surface area contributed by atoms with Gasteiger partial charge in [0.2, 0.25) is 0 Å². The number of anilines is 1. The molecule has 3 unspecified atom stereocenters. The van der Waals surface area contributed by atoms with Gasteiger partial charge in [0.15, 0.2) is 0 Å². The van der Waals surface area contributed by atoms with Gasteiger partial charge >= 0.3 is 0 Å². The predicted octanol–water partition coefficient (Wildman–Crippen LogP) is 4.64. The molecule has 2 aliphatic rings. The number of fused-ring (bicyclic) bond motifs is 2. The van der Waals surface area contributed by atoms with Crippen molar-refractivity contribution in [3.8, 4) is 5.75 Å². The zero-order valence-electron chi connectivity index (χ0n) is 13.4. The lowest BCUT2D eigenvalue weighted by Gasteiger charge is -2.44. The van der Waals surface area contributed by atoms with Crippen LogP contribution >= 0.6 is 0 Å². The summed E-state index contributed by atoms with van der Waals surface area (Å²) in [7, 11) is 0. The van der Waals surface area contributed by atoms with Gasteiger partial charge in [-0.3, -0.25) is 0 Å². The Hall–Kier alpha value is -1.18. The Morgan fingerprint density at radius 3 is 2.50 bits per heavy atom. The van der Waals surface area contributed by atoms with Gasteiger partial charge in [-0.15, -0.1) is 0 Å². The maximum atomic E-state index is 10.1. The van der Waals surface area contributed by atoms with Crippen molar-refractivity contribution in [1.29, 1.82) is 0 Å². The summed E-state index contributed by atoms with van der Waals surface area (Å²) in [4.78, 5) is 0. The number of phenolic OH excluding ortho intramolecular Hbond substituents is 1. The number of aryl methyl sites for hydroxylation is 1. The van der Waals surface area contributed by atoms with Crippen molar-refractivity contribution in [3.63, 3.8) is 0 Å². The van der Waals surface area contributed by atoms with E-state index in [1.807, 2.05) is 19.9 Å². The maximum absolute atomic E-state index is 10.1. The van der Waals surface area contributed by atoms with Crippen LogP contribution < -0.4 is 5.32 Å². The molecule has 1 aromatic carbocycles. The highest BCUT2D eigenvalue weighted by Crippen LogP contribution is 2.63. The molecule has 2 fully saturated rings. The summed E-state index contributed by atoms with van der Waals surface area (Å²) in [6.45, 7) is 11.2. The molecule has 110 valence electrons. The van der Waals surface area contributed by atoms with Gasteiger partial charge in [0, 0.05) is 17.3 Å². The molecule has 2 nitrogen and oxygen atoms in total. The number of nitrogens with one attached hydrogen (secondary N) is 1. The Morgan fingerprint density at radius 2 is 1.90 bits per heavy atom. The SMILES string of the molecule is Cc1ccc(NC2C3(C)CCC(C3)C2(C)C)c(C)c1O. The van der Waals surface area contributed by atoms with Crippen LogP contribution in [0.15, 0.2) is 12.1 Å². The molecule has 3 atom stereocenters. The van der Waals surface area contributed by atoms with Gasteiger partial charge in [0.05, 0.1) is 0 Å². The first-order chi connectivity index (χ1) is 9.25. The average molecular weight is 273 g/mol. The average Bonchev–Trinajstić information content (AvgIpc) is 2.85. The third kappa shape index (κ3) is 1.77. The van der Waals surface area contributed by atoms with Gasteiger partial charge in [0.1, 0.15) is 5.75 Å². The third-order valence-electron chi connectivity index (χ3n) is 6.20. The Labute approximate surface area is 122 Å². The minimum atomic E-state index is 0.333. The largest absolute Gasteiger partial charge is 0.507 e. The third-order valence-corrected chi connectivity index (χ3v) is 6.20. The van der Waals surface area contributed by atoms with Gasteiger partial charge in [-0.25, -0.2) is 0 Å². The Kier molecular flexibility index (Phi) is 2.87. The lowest BCUT2D eigenvalue weighted by atomic mass is 9.68. The second-order valence-electron chi connectivity index (χ2n) is 7.90. The molecule has 2 aliphatic carbocycles. The molecule has 0 amide bonds. The standard InChI is InChI=1S/C18H27NO/c1-11-6-7-14(12(2)15(11)20)19-16-17(3,4)13-8-9-18(16,5)10-13/h6-7,13,16,19-20H,8-10H2,1-5H3. The summed E-state index contributed by atoms with van der Waals surface area (Å²) in [5.41, 5.74) is 3.76. The van der Waals surface area contributed by atoms with E-state index < -0.39 is 0 Å². The first-order valence-electron chi connectivity index (χ1n) is 7.81. The van der Waals surface area contributed by atoms with Gasteiger partial charge < -0.3 is 10.4 Å². The fraction of sp³-hybridized carbons (Fsp3) is 0.667. The molecule has 2 heteroatoms. The molecule has 0 radical (unpaired) electrons. The summed E-state index contributed by atoms with van der Waals surface area (Å²) >= 11 is 0. The molecule has 2 N–H and O–H groups in total. The lowest BCUT2D eigenvalue weighted by Crippen LogP contribution is -2.45. The van der Waals surface area contributed by atoms with Gasteiger partial charge in [-0.05, 0) is 61.5 Å². The molecule has 1 aromatic rings. The van der Waals surface area contributed by atoms with E-state index in [4.69, 9.17) is 0 Å². The molecule has 0 aromatic heterocycles. The molecule has 0 heterocycles. The van der Waals surface area contributed by atoms with Crippen molar-refractivity contribution in [1.82, 2.24) is 0 Å². The van der Waals surface area contributed by atoms with Crippen LogP contribution in [0.25, 0.3) is 0 Å². The minimum Gasteiger partial charge on any atom is -0.507 e. The highest BCUT2D eigenvalue weighted by molar-refractivity contribution is 5.60. The molecule has 2 bridgehead atoms. The normalized spacial score (nSPS) is 34.5. The molecule has 0 aliphatic heterocycles. The zero-order chi connectivity index (χ0) is 14.7. The van der Waals surface area contributed by atoms with Gasteiger partial charge in [-0.2, -0.15) is 0 Å². The second kappa shape index (κ2) is 4.16. The summed E-state index contributed by atoms with van der Waals surface area (Å²) in [5.74, 6) is 1.27. The summed E-state index contributed by atoms with van der Waals surface area (Å²) in [6, 6.07) is 4.62. The first kappa shape index (κ1) is 13.8. The second-order valence-corrected chi connectivity index (χ2v) is 7.90. The fourth-order valence-electron chi connectivity index (χ4n) is 4.81. The smallest absolute Gasteiger partial charge is 0.123 e. The molecular weight excluding hydrogens is 246 g/mol. The highest BCUT2D eigenvalue weighted by Gasteiger charge is 2.59. The van der Waals surface area contributed by atoms with Gasteiger partial charge in [0.25, 0.3) is 0 Å². The van der Waals surface area contributed by atoms with Gasteiger partial charge in [-0.1, -0.05) is 26.8 Å². The Balaban J connectivity index is 1.94. The lowest BCUT2D eigenvalue weighted by molar-refractivity contribution is 0.155. The molecule has 20 heavy (non-hydrogen) atoms. The topological polar surface area (TPSA) is 32.3 Å². The van der Waals surface area contributed by atoms with E-state index in [1.165, 1.54) is 19.3 Å². The Bertz CT molecular complexity index is 544. The van der Waals surface area contributed by atoms with Crippen molar-refractivity contribution in [2.45, 2.75) is 59.9 Å². The Morgan fingerprint density at radius 1 is 1.20 bits per heavy atom. The predicted molar refractivity (Wildman–Crippen MR) is 84.2 cm³/mol. The van der Waals surface area contributed by atoms with Crippen LogP contribution in [0.4, 0.5) is 5.69 Å². The van der Waals surface area contributed by atoms with E-state index in [1.54, 1.807) is 0 Å². The van der Waals surface area contributed by atoms with Crippen molar-refractivity contribution in [2.75, 3.05) is 5.32 Å². The summed E-state index contributed by atoms with van der Waals surface area (Å²) in [5, 5.41) is 13.9. The van der Waals surface area contributed by atoms with Crippen LogP contribution in [-0.2, 0) is 0 Å². The number of hydrogen-bond acceptors (Lipinski definition) is 2. The van der Waals surface area contributed by atoms with E-state index in [-0.39, 0.29) is 0 Å². The first-order valence-corrected chi connectivity index (χ1v) is 7.81. The number of hydrogen-bond donors (Lipinski definition) is 2. The molecule has 3 rings (SSSR count). The zero-order valence-corrected chi connectivity index (χ0v) is 13.4. The van der Waals surface area contributed by atoms with E-state index in [0.29, 0.717) is 22.6 Å². The van der Waals surface area contributed by atoms with E-state index in [0.717, 1.165) is 22.7 Å². The number of rotatable bonds is 2. The number of benzene rings is 1. The molecule has 2 saturated carbocycles. The van der Waals surface area contributed by atoms with Crippen LogP contribution in [0, 0.1) is 30.6 Å². The molecule has 0 spiro atoms. The maximum Gasteiger partial charge on any atom is 0.123 e.